The number of aromatic nitrogens is 1. The summed E-state index contributed by atoms with van der Waals surface area (Å²) in [5.41, 5.74) is 4.40. The molecule has 5 rings (SSSR count). The van der Waals surface area contributed by atoms with Gasteiger partial charge in [0.1, 0.15) is 5.69 Å². The van der Waals surface area contributed by atoms with Crippen LogP contribution in [0.15, 0.2) is 89.9 Å². The van der Waals surface area contributed by atoms with E-state index in [1.165, 1.54) is 0 Å². The molecule has 4 aromatic rings. The van der Waals surface area contributed by atoms with Gasteiger partial charge in [-0.15, -0.1) is 0 Å². The van der Waals surface area contributed by atoms with Crippen molar-refractivity contribution in [3.8, 4) is 0 Å². The highest BCUT2D eigenvalue weighted by molar-refractivity contribution is 9.09. The average Bonchev–Trinajstić information content (AvgIpc) is 3.26. The molecule has 0 aliphatic carbocycles. The van der Waals surface area contributed by atoms with Crippen LogP contribution in [-0.2, 0) is 4.79 Å². The van der Waals surface area contributed by atoms with Crippen LogP contribution >= 0.6 is 15.9 Å². The first-order valence-electron chi connectivity index (χ1n) is 10.6. The molecule has 0 bridgehead atoms. The van der Waals surface area contributed by atoms with Crippen LogP contribution in [0.25, 0.3) is 10.9 Å². The molecule has 0 radical (unpaired) electrons. The average molecular weight is 501 g/mol. The van der Waals surface area contributed by atoms with Gasteiger partial charge in [-0.2, -0.15) is 0 Å². The van der Waals surface area contributed by atoms with Crippen molar-refractivity contribution in [2.24, 2.45) is 4.99 Å². The zero-order valence-corrected chi connectivity index (χ0v) is 19.2. The maximum Gasteiger partial charge on any atom is 0.272 e. The van der Waals surface area contributed by atoms with E-state index in [1.54, 1.807) is 11.0 Å². The summed E-state index contributed by atoms with van der Waals surface area (Å²) in [6.45, 7) is 0.451. The molecular weight excluding hydrogens is 480 g/mol. The van der Waals surface area contributed by atoms with E-state index in [-0.39, 0.29) is 11.8 Å². The maximum atomic E-state index is 13.6. The van der Waals surface area contributed by atoms with Gasteiger partial charge in [-0.1, -0.05) is 82.7 Å². The Balaban J connectivity index is 1.58. The number of para-hydroxylation sites is 2. The zero-order chi connectivity index (χ0) is 22.8. The minimum absolute atomic E-state index is 0.280. The zero-order valence-electron chi connectivity index (χ0n) is 17.7. The van der Waals surface area contributed by atoms with Crippen molar-refractivity contribution >= 4 is 50.0 Å². The topological polar surface area (TPSA) is 77.6 Å². The highest BCUT2D eigenvalue weighted by Gasteiger charge is 2.33. The highest BCUT2D eigenvalue weighted by atomic mass is 79.9. The Hall–Kier alpha value is -3.71. The fourth-order valence-electron chi connectivity index (χ4n) is 4.06. The summed E-state index contributed by atoms with van der Waals surface area (Å²) in [7, 11) is 0. The number of amides is 2. The van der Waals surface area contributed by atoms with Crippen molar-refractivity contribution in [1.82, 2.24) is 10.3 Å². The lowest BCUT2D eigenvalue weighted by Gasteiger charge is -2.24. The van der Waals surface area contributed by atoms with Crippen molar-refractivity contribution < 1.29 is 9.59 Å². The SMILES string of the molecule is O=C(N[C@H]1N=C(c2ccccc2)c2ccccc2N(CCBr)C1=O)c1cc2ccccc2[nH]1. The summed E-state index contributed by atoms with van der Waals surface area (Å²) < 4.78 is 0. The standard InChI is InChI=1S/C26H21BrN4O2/c27-14-15-31-22-13-7-5-11-19(22)23(17-8-2-1-3-9-17)29-24(26(31)33)30-25(32)21-16-18-10-4-6-12-20(18)28-21/h1-13,16,24,28H,14-15H2,(H,30,32)/t24-/m1/s1. The van der Waals surface area contributed by atoms with Gasteiger partial charge in [0.15, 0.2) is 0 Å². The first-order chi connectivity index (χ1) is 16.2. The monoisotopic (exact) mass is 500 g/mol. The Labute approximate surface area is 199 Å². The molecule has 1 aromatic heterocycles. The van der Waals surface area contributed by atoms with Crippen molar-refractivity contribution in [2.45, 2.75) is 6.17 Å². The molecule has 0 unspecified atom stereocenters. The minimum atomic E-state index is -1.06. The number of aromatic amines is 1. The lowest BCUT2D eigenvalue weighted by Crippen LogP contribution is -2.48. The third-order valence-electron chi connectivity index (χ3n) is 5.61. The van der Waals surface area contributed by atoms with Crippen LogP contribution in [0.5, 0.6) is 0 Å². The van der Waals surface area contributed by atoms with Crippen molar-refractivity contribution in [2.75, 3.05) is 16.8 Å². The van der Waals surface area contributed by atoms with Crippen LogP contribution in [-0.4, -0.2) is 40.6 Å². The smallest absolute Gasteiger partial charge is 0.272 e. The Morgan fingerprint density at radius 2 is 1.73 bits per heavy atom. The van der Waals surface area contributed by atoms with Crippen LogP contribution in [0.1, 0.15) is 21.6 Å². The van der Waals surface area contributed by atoms with E-state index in [1.807, 2.05) is 78.9 Å². The second-order valence-corrected chi connectivity index (χ2v) is 8.48. The molecule has 2 heterocycles. The number of rotatable bonds is 5. The number of nitrogens with one attached hydrogen (secondary N) is 2. The number of fused-ring (bicyclic) bond motifs is 2. The van der Waals surface area contributed by atoms with Gasteiger partial charge in [0, 0.05) is 33.9 Å². The molecule has 1 aliphatic heterocycles. The molecule has 164 valence electrons. The van der Waals surface area contributed by atoms with E-state index in [4.69, 9.17) is 4.99 Å². The van der Waals surface area contributed by atoms with Gasteiger partial charge >= 0.3 is 0 Å². The van der Waals surface area contributed by atoms with Gasteiger partial charge in [-0.3, -0.25) is 9.59 Å². The van der Waals surface area contributed by atoms with E-state index >= 15 is 0 Å². The van der Waals surface area contributed by atoms with Gasteiger partial charge in [0.05, 0.1) is 11.4 Å². The maximum absolute atomic E-state index is 13.6. The number of alkyl halides is 1. The summed E-state index contributed by atoms with van der Waals surface area (Å²) >= 11 is 3.45. The number of nitrogens with zero attached hydrogens (tertiary/aromatic N) is 2. The number of benzodiazepines with no additional fused rings is 1. The van der Waals surface area contributed by atoms with E-state index in [2.05, 4.69) is 26.2 Å². The van der Waals surface area contributed by atoms with Crippen LogP contribution in [0, 0.1) is 0 Å². The molecule has 0 saturated carbocycles. The summed E-state index contributed by atoms with van der Waals surface area (Å²) in [6.07, 6.45) is -1.06. The second-order valence-electron chi connectivity index (χ2n) is 7.69. The number of carbonyl (C=O) groups excluding carboxylic acids is 2. The lowest BCUT2D eigenvalue weighted by atomic mass is 10.0. The molecule has 1 atom stereocenters. The van der Waals surface area contributed by atoms with Crippen LogP contribution < -0.4 is 10.2 Å². The molecule has 7 heteroatoms. The molecule has 3 aromatic carbocycles. The largest absolute Gasteiger partial charge is 0.351 e. The van der Waals surface area contributed by atoms with E-state index < -0.39 is 6.17 Å². The predicted octanol–water partition coefficient (Wildman–Crippen LogP) is 4.50. The van der Waals surface area contributed by atoms with Gasteiger partial charge in [0.25, 0.3) is 11.8 Å². The summed E-state index contributed by atoms with van der Waals surface area (Å²) in [5, 5.41) is 4.37. The van der Waals surface area contributed by atoms with Crippen LogP contribution in [0.2, 0.25) is 0 Å². The highest BCUT2D eigenvalue weighted by Crippen LogP contribution is 2.28. The van der Waals surface area contributed by atoms with E-state index in [9.17, 15) is 9.59 Å². The summed E-state index contributed by atoms with van der Waals surface area (Å²) in [6, 6.07) is 26.8. The number of anilines is 1. The predicted molar refractivity (Wildman–Crippen MR) is 134 cm³/mol. The molecule has 6 nitrogen and oxygen atoms in total. The molecule has 0 spiro atoms. The summed E-state index contributed by atoms with van der Waals surface area (Å²) in [4.78, 5) is 36.3. The third-order valence-corrected chi connectivity index (χ3v) is 5.96. The van der Waals surface area contributed by atoms with Gasteiger partial charge in [0.2, 0.25) is 6.17 Å². The quantitative estimate of drug-likeness (QED) is 0.395. The second kappa shape index (κ2) is 9.03. The lowest BCUT2D eigenvalue weighted by molar-refractivity contribution is -0.120. The van der Waals surface area contributed by atoms with Crippen molar-refractivity contribution in [3.63, 3.8) is 0 Å². The van der Waals surface area contributed by atoms with E-state index in [0.29, 0.717) is 23.3 Å². The van der Waals surface area contributed by atoms with Gasteiger partial charge in [-0.25, -0.2) is 4.99 Å². The van der Waals surface area contributed by atoms with Gasteiger partial charge in [-0.05, 0) is 18.2 Å². The first-order valence-corrected chi connectivity index (χ1v) is 11.8. The molecule has 2 amide bonds. The van der Waals surface area contributed by atoms with Crippen LogP contribution in [0.4, 0.5) is 5.69 Å². The summed E-state index contributed by atoms with van der Waals surface area (Å²) in [5.74, 6) is -0.664. The molecule has 1 aliphatic rings. The normalized spacial score (nSPS) is 15.7. The Morgan fingerprint density at radius 3 is 2.52 bits per heavy atom. The molecular formula is C26H21BrN4O2. The number of hydrogen-bond donors (Lipinski definition) is 2. The molecule has 0 saturated heterocycles. The van der Waals surface area contributed by atoms with Crippen molar-refractivity contribution in [1.29, 1.82) is 0 Å². The molecule has 0 fully saturated rings. The fourth-order valence-corrected chi connectivity index (χ4v) is 4.42. The number of aliphatic imine (C=N–C) groups is 1. The van der Waals surface area contributed by atoms with E-state index in [0.717, 1.165) is 27.7 Å². The number of benzene rings is 3. The van der Waals surface area contributed by atoms with Gasteiger partial charge < -0.3 is 15.2 Å². The number of halogens is 1. The number of H-pyrrole nitrogens is 1. The first kappa shape index (κ1) is 21.2. The molecule has 2 N–H and O–H groups in total. The Bertz CT molecular complexity index is 1330. The number of carbonyl (C=O) groups is 2. The number of hydrogen-bond acceptors (Lipinski definition) is 3. The van der Waals surface area contributed by atoms with Crippen LogP contribution in [0.3, 0.4) is 0 Å². The third kappa shape index (κ3) is 4.07. The van der Waals surface area contributed by atoms with Crippen molar-refractivity contribution in [3.05, 3.63) is 102 Å². The fraction of sp³-hybridized carbons (Fsp3) is 0.115. The Morgan fingerprint density at radius 1 is 1.00 bits per heavy atom. The molecule has 33 heavy (non-hydrogen) atoms. The Kier molecular flexibility index (Phi) is 5.79. The minimum Gasteiger partial charge on any atom is -0.351 e.